The summed E-state index contributed by atoms with van der Waals surface area (Å²) in [5.74, 6) is -0.0957. The van der Waals surface area contributed by atoms with Crippen molar-refractivity contribution in [1.82, 2.24) is 20.1 Å². The molecule has 30 heavy (non-hydrogen) atoms. The molecule has 1 aliphatic rings. The highest BCUT2D eigenvalue weighted by atomic mass is 35.5. The number of amides is 1. The fourth-order valence-electron chi connectivity index (χ4n) is 3.93. The van der Waals surface area contributed by atoms with E-state index in [1.165, 1.54) is 6.07 Å². The first-order chi connectivity index (χ1) is 14.6. The second-order valence-electron chi connectivity index (χ2n) is 7.13. The Labute approximate surface area is 177 Å². The largest absolute Gasteiger partial charge is 0.507 e. The van der Waals surface area contributed by atoms with Crippen LogP contribution in [-0.4, -0.2) is 31.1 Å². The summed E-state index contributed by atoms with van der Waals surface area (Å²) in [5, 5.41) is 18.2. The highest BCUT2D eigenvalue weighted by Gasteiger charge is 2.42. The van der Waals surface area contributed by atoms with Crippen LogP contribution in [0.25, 0.3) is 11.3 Å². The molecule has 2 aromatic carbocycles. The Morgan fingerprint density at radius 1 is 1.10 bits per heavy atom. The summed E-state index contributed by atoms with van der Waals surface area (Å²) in [4.78, 5) is 19.3. The van der Waals surface area contributed by atoms with Crippen molar-refractivity contribution in [2.24, 2.45) is 0 Å². The summed E-state index contributed by atoms with van der Waals surface area (Å²) in [6.45, 7) is 0.399. The van der Waals surface area contributed by atoms with Gasteiger partial charge in [0.15, 0.2) is 0 Å². The van der Waals surface area contributed by atoms with Gasteiger partial charge < -0.3 is 10.0 Å². The Bertz CT molecular complexity index is 1220. The number of benzene rings is 2. The Balaban J connectivity index is 1.68. The zero-order valence-electron chi connectivity index (χ0n) is 15.8. The highest BCUT2D eigenvalue weighted by molar-refractivity contribution is 6.31. The summed E-state index contributed by atoms with van der Waals surface area (Å²) in [6, 6.07) is 18.0. The van der Waals surface area contributed by atoms with Crippen molar-refractivity contribution in [3.8, 4) is 17.0 Å². The minimum absolute atomic E-state index is 0.0543. The van der Waals surface area contributed by atoms with Gasteiger partial charge in [-0.3, -0.25) is 14.9 Å². The Kier molecular flexibility index (Phi) is 4.48. The Hall–Kier alpha value is -3.64. The number of carbonyl (C=O) groups is 1. The minimum atomic E-state index is -0.360. The van der Waals surface area contributed by atoms with Gasteiger partial charge in [0.05, 0.1) is 6.04 Å². The van der Waals surface area contributed by atoms with Crippen LogP contribution < -0.4 is 0 Å². The topological polar surface area (TPSA) is 82.1 Å². The van der Waals surface area contributed by atoms with E-state index in [0.717, 1.165) is 16.7 Å². The fourth-order valence-corrected chi connectivity index (χ4v) is 4.11. The first kappa shape index (κ1) is 18.4. The second-order valence-corrected chi connectivity index (χ2v) is 7.57. The molecule has 6 nitrogen and oxygen atoms in total. The van der Waals surface area contributed by atoms with E-state index < -0.39 is 0 Å². The molecule has 7 heteroatoms. The maximum absolute atomic E-state index is 13.3. The smallest absolute Gasteiger partial charge is 0.273 e. The quantitative estimate of drug-likeness (QED) is 0.510. The van der Waals surface area contributed by atoms with Crippen LogP contribution in [-0.2, 0) is 6.54 Å². The summed E-state index contributed by atoms with van der Waals surface area (Å²) < 4.78 is 0. The van der Waals surface area contributed by atoms with Gasteiger partial charge in [0.25, 0.3) is 5.91 Å². The van der Waals surface area contributed by atoms with Crippen LogP contribution in [0.1, 0.15) is 33.2 Å². The number of phenolic OH excluding ortho intramolecular Hbond substituents is 1. The number of hydrogen-bond acceptors (Lipinski definition) is 4. The molecular formula is C23H17ClN4O2. The van der Waals surface area contributed by atoms with Crippen molar-refractivity contribution in [2.45, 2.75) is 12.6 Å². The average Bonchev–Trinajstić information content (AvgIpc) is 3.31. The summed E-state index contributed by atoms with van der Waals surface area (Å²) >= 11 is 6.17. The molecule has 0 saturated heterocycles. The maximum Gasteiger partial charge on any atom is 0.273 e. The van der Waals surface area contributed by atoms with Crippen molar-refractivity contribution < 1.29 is 9.90 Å². The molecule has 148 valence electrons. The van der Waals surface area contributed by atoms with E-state index in [4.69, 9.17) is 11.6 Å². The van der Waals surface area contributed by atoms with Crippen molar-refractivity contribution in [1.29, 1.82) is 0 Å². The van der Waals surface area contributed by atoms with E-state index in [-0.39, 0.29) is 17.7 Å². The molecule has 3 heterocycles. The zero-order chi connectivity index (χ0) is 20.7. The zero-order valence-corrected chi connectivity index (χ0v) is 16.5. The van der Waals surface area contributed by atoms with Crippen molar-refractivity contribution in [3.05, 3.63) is 100 Å². The number of fused-ring (bicyclic) bond motifs is 1. The van der Waals surface area contributed by atoms with Crippen molar-refractivity contribution >= 4 is 17.5 Å². The lowest BCUT2D eigenvalue weighted by atomic mass is 9.95. The molecule has 1 atom stereocenters. The number of aromatic hydroxyl groups is 1. The standard InChI is InChI=1S/C23H17ClN4O2/c24-16-8-9-18(29)17(11-16)20-19-21(27-26-20)23(30)28(13-14-5-4-10-25-12-14)22(19)15-6-2-1-3-7-15/h1-12,22,29H,13H2,(H,26,27). The van der Waals surface area contributed by atoms with Gasteiger partial charge in [-0.2, -0.15) is 5.10 Å². The molecule has 4 aromatic rings. The molecule has 0 saturated carbocycles. The number of halogens is 1. The minimum Gasteiger partial charge on any atom is -0.507 e. The molecule has 0 spiro atoms. The molecular weight excluding hydrogens is 400 g/mol. The van der Waals surface area contributed by atoms with Crippen LogP contribution in [0.2, 0.25) is 5.02 Å². The third kappa shape index (κ3) is 3.02. The third-order valence-electron chi connectivity index (χ3n) is 5.27. The molecule has 0 fully saturated rings. The first-order valence-corrected chi connectivity index (χ1v) is 9.83. The van der Waals surface area contributed by atoms with E-state index in [0.29, 0.717) is 28.5 Å². The SMILES string of the molecule is O=C1c2[nH]nc(-c3cc(Cl)ccc3O)c2C(c2ccccc2)N1Cc1cccnc1. The van der Waals surface area contributed by atoms with Crippen LogP contribution in [0.3, 0.4) is 0 Å². The van der Waals surface area contributed by atoms with Gasteiger partial charge in [0.1, 0.15) is 17.1 Å². The number of aromatic amines is 1. The molecule has 0 radical (unpaired) electrons. The van der Waals surface area contributed by atoms with Crippen LogP contribution in [0.5, 0.6) is 5.75 Å². The van der Waals surface area contributed by atoms with Crippen molar-refractivity contribution in [2.75, 3.05) is 0 Å². The number of hydrogen-bond donors (Lipinski definition) is 2. The number of H-pyrrole nitrogens is 1. The normalized spacial score (nSPS) is 15.4. The number of phenols is 1. The van der Waals surface area contributed by atoms with Crippen LogP contribution in [0.4, 0.5) is 0 Å². The lowest BCUT2D eigenvalue weighted by Gasteiger charge is -2.26. The molecule has 5 rings (SSSR count). The number of aromatic nitrogens is 3. The maximum atomic E-state index is 13.3. The lowest BCUT2D eigenvalue weighted by Crippen LogP contribution is -2.29. The van der Waals surface area contributed by atoms with Crippen LogP contribution in [0, 0.1) is 0 Å². The van der Waals surface area contributed by atoms with E-state index in [2.05, 4.69) is 15.2 Å². The first-order valence-electron chi connectivity index (χ1n) is 9.45. The number of carbonyl (C=O) groups excluding carboxylic acids is 1. The van der Waals surface area contributed by atoms with E-state index in [1.54, 1.807) is 29.4 Å². The van der Waals surface area contributed by atoms with Gasteiger partial charge in [-0.05, 0) is 35.4 Å². The van der Waals surface area contributed by atoms with Gasteiger partial charge in [0.2, 0.25) is 0 Å². The molecule has 1 unspecified atom stereocenters. The van der Waals surface area contributed by atoms with Gasteiger partial charge in [-0.1, -0.05) is 48.0 Å². The molecule has 0 aliphatic carbocycles. The van der Waals surface area contributed by atoms with Crippen molar-refractivity contribution in [3.63, 3.8) is 0 Å². The van der Waals surface area contributed by atoms with E-state index in [1.807, 2.05) is 42.5 Å². The number of rotatable bonds is 4. The molecule has 1 amide bonds. The van der Waals surface area contributed by atoms with Crippen LogP contribution >= 0.6 is 11.6 Å². The molecule has 1 aliphatic heterocycles. The van der Waals surface area contributed by atoms with Gasteiger partial charge >= 0.3 is 0 Å². The van der Waals surface area contributed by atoms with Gasteiger partial charge in [0, 0.05) is 35.1 Å². The Morgan fingerprint density at radius 2 is 1.93 bits per heavy atom. The molecule has 2 aromatic heterocycles. The highest BCUT2D eigenvalue weighted by Crippen LogP contribution is 2.45. The summed E-state index contributed by atoms with van der Waals surface area (Å²) in [7, 11) is 0. The monoisotopic (exact) mass is 416 g/mol. The number of nitrogens with one attached hydrogen (secondary N) is 1. The summed E-state index contributed by atoms with van der Waals surface area (Å²) in [5.41, 5.74) is 4.03. The van der Waals surface area contributed by atoms with Gasteiger partial charge in [-0.15, -0.1) is 0 Å². The fraction of sp³-hybridized carbons (Fsp3) is 0.0870. The number of nitrogens with zero attached hydrogens (tertiary/aromatic N) is 3. The molecule has 0 bridgehead atoms. The lowest BCUT2D eigenvalue weighted by molar-refractivity contribution is 0.0730. The van der Waals surface area contributed by atoms with E-state index >= 15 is 0 Å². The Morgan fingerprint density at radius 3 is 2.70 bits per heavy atom. The summed E-state index contributed by atoms with van der Waals surface area (Å²) in [6.07, 6.45) is 3.46. The number of pyridine rings is 1. The average molecular weight is 417 g/mol. The van der Waals surface area contributed by atoms with Crippen LogP contribution in [0.15, 0.2) is 73.1 Å². The van der Waals surface area contributed by atoms with Gasteiger partial charge in [-0.25, -0.2) is 0 Å². The predicted molar refractivity (Wildman–Crippen MR) is 113 cm³/mol. The molecule has 2 N–H and O–H groups in total. The van der Waals surface area contributed by atoms with E-state index in [9.17, 15) is 9.90 Å². The predicted octanol–water partition coefficient (Wildman–Crippen LogP) is 4.58. The third-order valence-corrected chi connectivity index (χ3v) is 5.50. The second kappa shape index (κ2) is 7.31.